The van der Waals surface area contributed by atoms with E-state index in [0.717, 1.165) is 17.5 Å². The van der Waals surface area contributed by atoms with Crippen molar-refractivity contribution in [3.63, 3.8) is 0 Å². The first-order valence-electron chi connectivity index (χ1n) is 10.7. The number of rotatable bonds is 4. The summed E-state index contributed by atoms with van der Waals surface area (Å²) < 4.78 is 0. The number of carboxylic acid groups (broad SMARTS) is 1. The molecular formula is C27H34O2. The van der Waals surface area contributed by atoms with Gasteiger partial charge in [0.15, 0.2) is 0 Å². The van der Waals surface area contributed by atoms with Crippen molar-refractivity contribution in [1.29, 1.82) is 0 Å². The standard InChI is InChI=1S/C27H34O2/c1-8-18-15-19(25(28)29)10-11-21(18)20(9-2)22-16-24-23(14-17(22)3)26(4,5)12-13-27(24,6)7/h9-11,14-16H,8,12-13H2,1-7H3,(H,28,29)/b20-9+. The fourth-order valence-electron chi connectivity index (χ4n) is 4.75. The molecule has 1 aliphatic carbocycles. The fourth-order valence-corrected chi connectivity index (χ4v) is 4.75. The normalized spacial score (nSPS) is 17.7. The maximum absolute atomic E-state index is 11.4. The number of carboxylic acids is 1. The molecule has 0 bridgehead atoms. The number of aromatic carboxylic acids is 1. The van der Waals surface area contributed by atoms with E-state index >= 15 is 0 Å². The third-order valence-corrected chi connectivity index (χ3v) is 6.80. The van der Waals surface area contributed by atoms with Crippen LogP contribution in [0.3, 0.4) is 0 Å². The van der Waals surface area contributed by atoms with Crippen molar-refractivity contribution in [3.8, 4) is 0 Å². The summed E-state index contributed by atoms with van der Waals surface area (Å²) in [5.41, 5.74) is 9.59. The number of allylic oxidation sites excluding steroid dienone is 1. The van der Waals surface area contributed by atoms with Crippen LogP contribution >= 0.6 is 0 Å². The minimum Gasteiger partial charge on any atom is -0.478 e. The van der Waals surface area contributed by atoms with Crippen molar-refractivity contribution in [1.82, 2.24) is 0 Å². The molecular weight excluding hydrogens is 356 g/mol. The first-order chi connectivity index (χ1) is 13.5. The lowest BCUT2D eigenvalue weighted by Crippen LogP contribution is -2.34. The minimum absolute atomic E-state index is 0.160. The van der Waals surface area contributed by atoms with Crippen molar-refractivity contribution in [2.24, 2.45) is 0 Å². The maximum atomic E-state index is 11.4. The second kappa shape index (κ2) is 7.48. The van der Waals surface area contributed by atoms with E-state index in [-0.39, 0.29) is 10.8 Å². The number of hydrogen-bond donors (Lipinski definition) is 1. The Balaban J connectivity index is 2.22. The molecule has 0 amide bonds. The van der Waals surface area contributed by atoms with Crippen LogP contribution < -0.4 is 0 Å². The van der Waals surface area contributed by atoms with E-state index < -0.39 is 5.97 Å². The van der Waals surface area contributed by atoms with Gasteiger partial charge in [-0.1, -0.05) is 58.9 Å². The smallest absolute Gasteiger partial charge is 0.335 e. The average molecular weight is 391 g/mol. The highest BCUT2D eigenvalue weighted by molar-refractivity contribution is 5.90. The lowest BCUT2D eigenvalue weighted by Gasteiger charge is -2.42. The molecule has 0 radical (unpaired) electrons. The number of aryl methyl sites for hydroxylation is 2. The summed E-state index contributed by atoms with van der Waals surface area (Å²) in [5, 5.41) is 9.38. The van der Waals surface area contributed by atoms with E-state index in [0.29, 0.717) is 5.56 Å². The van der Waals surface area contributed by atoms with E-state index in [4.69, 9.17) is 0 Å². The van der Waals surface area contributed by atoms with Crippen LogP contribution in [0.5, 0.6) is 0 Å². The molecule has 0 fully saturated rings. The molecule has 0 aliphatic heterocycles. The first-order valence-corrected chi connectivity index (χ1v) is 10.7. The van der Waals surface area contributed by atoms with Gasteiger partial charge in [-0.15, -0.1) is 0 Å². The van der Waals surface area contributed by atoms with Crippen LogP contribution in [0.1, 0.15) is 98.1 Å². The Morgan fingerprint density at radius 1 is 1.00 bits per heavy atom. The van der Waals surface area contributed by atoms with Crippen LogP contribution in [0.15, 0.2) is 36.4 Å². The molecule has 1 N–H and O–H groups in total. The van der Waals surface area contributed by atoms with Crippen LogP contribution in [0.2, 0.25) is 0 Å². The largest absolute Gasteiger partial charge is 0.478 e. The van der Waals surface area contributed by atoms with E-state index in [1.54, 1.807) is 6.07 Å². The van der Waals surface area contributed by atoms with Gasteiger partial charge in [0.25, 0.3) is 0 Å². The second-order valence-corrected chi connectivity index (χ2v) is 9.71. The Morgan fingerprint density at radius 3 is 2.10 bits per heavy atom. The SMILES string of the molecule is C/C=C(/c1cc2c(cc1C)C(C)(C)CCC2(C)C)c1ccc(C(=O)O)cc1CC. The molecule has 0 atom stereocenters. The zero-order valence-corrected chi connectivity index (χ0v) is 18.9. The molecule has 3 rings (SSSR count). The summed E-state index contributed by atoms with van der Waals surface area (Å²) in [7, 11) is 0. The topological polar surface area (TPSA) is 37.3 Å². The third-order valence-electron chi connectivity index (χ3n) is 6.80. The van der Waals surface area contributed by atoms with Crippen molar-refractivity contribution < 1.29 is 9.90 Å². The molecule has 2 nitrogen and oxygen atoms in total. The molecule has 0 heterocycles. The zero-order valence-electron chi connectivity index (χ0n) is 18.9. The number of hydrogen-bond acceptors (Lipinski definition) is 1. The second-order valence-electron chi connectivity index (χ2n) is 9.71. The van der Waals surface area contributed by atoms with E-state index in [2.05, 4.69) is 66.7 Å². The van der Waals surface area contributed by atoms with Crippen molar-refractivity contribution in [2.75, 3.05) is 0 Å². The minimum atomic E-state index is -0.873. The Morgan fingerprint density at radius 2 is 1.59 bits per heavy atom. The molecule has 154 valence electrons. The quantitative estimate of drug-likeness (QED) is 0.607. The fraction of sp³-hybridized carbons (Fsp3) is 0.444. The zero-order chi connectivity index (χ0) is 21.6. The molecule has 1 aliphatic rings. The Labute approximate surface area is 175 Å². The van der Waals surface area contributed by atoms with E-state index in [1.807, 2.05) is 12.1 Å². The number of fused-ring (bicyclic) bond motifs is 1. The Kier molecular flexibility index (Phi) is 5.51. The van der Waals surface area contributed by atoms with Gasteiger partial charge in [0.1, 0.15) is 0 Å². The summed E-state index contributed by atoms with van der Waals surface area (Å²) in [5.74, 6) is -0.873. The Hall–Kier alpha value is -2.35. The van der Waals surface area contributed by atoms with Gasteiger partial charge in [-0.25, -0.2) is 4.79 Å². The molecule has 2 aromatic rings. The van der Waals surface area contributed by atoms with Crippen molar-refractivity contribution in [3.05, 3.63) is 75.4 Å². The highest BCUT2D eigenvalue weighted by atomic mass is 16.4. The average Bonchev–Trinajstić information content (AvgIpc) is 2.67. The van der Waals surface area contributed by atoms with Gasteiger partial charge in [-0.2, -0.15) is 0 Å². The number of carbonyl (C=O) groups is 1. The van der Waals surface area contributed by atoms with Crippen LogP contribution in [-0.4, -0.2) is 11.1 Å². The van der Waals surface area contributed by atoms with E-state index in [1.165, 1.54) is 40.7 Å². The van der Waals surface area contributed by atoms with Gasteiger partial charge in [0, 0.05) is 0 Å². The highest BCUT2D eigenvalue weighted by Gasteiger charge is 2.37. The summed E-state index contributed by atoms with van der Waals surface area (Å²) in [4.78, 5) is 11.4. The molecule has 29 heavy (non-hydrogen) atoms. The monoisotopic (exact) mass is 390 g/mol. The predicted octanol–water partition coefficient (Wildman–Crippen LogP) is 7.06. The number of benzene rings is 2. The van der Waals surface area contributed by atoms with Gasteiger partial charge in [-0.05, 0) is 95.0 Å². The molecule has 0 saturated heterocycles. The molecule has 2 aromatic carbocycles. The molecule has 0 saturated carbocycles. The van der Waals surface area contributed by atoms with Crippen LogP contribution in [0.4, 0.5) is 0 Å². The van der Waals surface area contributed by atoms with Crippen molar-refractivity contribution in [2.45, 2.75) is 78.6 Å². The van der Waals surface area contributed by atoms with Gasteiger partial charge in [0.2, 0.25) is 0 Å². The summed E-state index contributed by atoms with van der Waals surface area (Å²) in [6.45, 7) is 15.8. The van der Waals surface area contributed by atoms with Crippen molar-refractivity contribution >= 4 is 11.5 Å². The molecule has 0 aromatic heterocycles. The predicted molar refractivity (Wildman–Crippen MR) is 122 cm³/mol. The lowest BCUT2D eigenvalue weighted by molar-refractivity contribution is 0.0696. The Bertz CT molecular complexity index is 990. The van der Waals surface area contributed by atoms with Crippen LogP contribution in [0, 0.1) is 6.92 Å². The lowest BCUT2D eigenvalue weighted by atomic mass is 9.62. The van der Waals surface area contributed by atoms with E-state index in [9.17, 15) is 9.90 Å². The molecule has 0 unspecified atom stereocenters. The van der Waals surface area contributed by atoms with Crippen LogP contribution in [-0.2, 0) is 17.3 Å². The van der Waals surface area contributed by atoms with Crippen LogP contribution in [0.25, 0.3) is 5.57 Å². The molecule has 2 heteroatoms. The molecule has 0 spiro atoms. The maximum Gasteiger partial charge on any atom is 0.335 e. The van der Waals surface area contributed by atoms with Gasteiger partial charge in [-0.3, -0.25) is 0 Å². The van der Waals surface area contributed by atoms with Gasteiger partial charge in [0.05, 0.1) is 5.56 Å². The van der Waals surface area contributed by atoms with Gasteiger partial charge < -0.3 is 5.11 Å². The summed E-state index contributed by atoms with van der Waals surface area (Å²) in [6, 6.07) is 10.3. The summed E-state index contributed by atoms with van der Waals surface area (Å²) >= 11 is 0. The summed E-state index contributed by atoms with van der Waals surface area (Å²) in [6.07, 6.45) is 5.37. The first kappa shape index (κ1) is 21.4. The third kappa shape index (κ3) is 3.77. The highest BCUT2D eigenvalue weighted by Crippen LogP contribution is 2.47. The van der Waals surface area contributed by atoms with Gasteiger partial charge >= 0.3 is 5.97 Å².